The van der Waals surface area contributed by atoms with E-state index in [1.165, 1.54) is 17.0 Å². The van der Waals surface area contributed by atoms with Gasteiger partial charge < -0.3 is 10.2 Å². The number of carbonyl (C=O) groups excluding carboxylic acids is 2. The van der Waals surface area contributed by atoms with Crippen molar-refractivity contribution < 1.29 is 14.0 Å². The zero-order chi connectivity index (χ0) is 20.7. The van der Waals surface area contributed by atoms with Gasteiger partial charge in [0.2, 0.25) is 11.8 Å². The number of nitrogens with zero attached hydrogens (tertiary/aromatic N) is 1. The van der Waals surface area contributed by atoms with Crippen LogP contribution in [0.4, 0.5) is 4.39 Å². The molecule has 2 aromatic carbocycles. The van der Waals surface area contributed by atoms with Crippen LogP contribution in [0.3, 0.4) is 0 Å². The summed E-state index contributed by atoms with van der Waals surface area (Å²) in [7, 11) is 0. The second-order valence-corrected chi connectivity index (χ2v) is 7.37. The molecule has 0 heterocycles. The maximum Gasteiger partial charge on any atom is 0.242 e. The van der Waals surface area contributed by atoms with Crippen molar-refractivity contribution in [1.82, 2.24) is 10.2 Å². The van der Waals surface area contributed by atoms with Crippen LogP contribution >= 0.6 is 23.2 Å². The van der Waals surface area contributed by atoms with Crippen molar-refractivity contribution in [3.63, 3.8) is 0 Å². The molecule has 7 heteroatoms. The molecule has 0 spiro atoms. The number of hydrogen-bond donors (Lipinski definition) is 1. The number of benzene rings is 2. The topological polar surface area (TPSA) is 49.4 Å². The monoisotopic (exact) mass is 424 g/mol. The maximum atomic E-state index is 13.1. The summed E-state index contributed by atoms with van der Waals surface area (Å²) in [6.45, 7) is 4.04. The summed E-state index contributed by atoms with van der Waals surface area (Å²) in [5.74, 6) is -0.766. The van der Waals surface area contributed by atoms with Gasteiger partial charge in [-0.05, 0) is 48.7 Å². The van der Waals surface area contributed by atoms with Gasteiger partial charge in [0.1, 0.15) is 11.9 Å². The summed E-state index contributed by atoms with van der Waals surface area (Å²) < 4.78 is 13.1. The lowest BCUT2D eigenvalue weighted by Gasteiger charge is -2.29. The summed E-state index contributed by atoms with van der Waals surface area (Å²) in [6, 6.07) is 10.3. The first kappa shape index (κ1) is 22.2. The van der Waals surface area contributed by atoms with Crippen molar-refractivity contribution in [3.8, 4) is 0 Å². The fraction of sp³-hybridized carbons (Fsp3) is 0.333. The van der Waals surface area contributed by atoms with E-state index in [1.807, 2.05) is 6.92 Å². The second kappa shape index (κ2) is 10.4. The SMILES string of the molecule is CCCC(=O)N(Cc1ccc(F)cc1)C(C)C(=O)NCc1ccc(Cl)cc1Cl. The molecule has 0 aliphatic rings. The largest absolute Gasteiger partial charge is 0.350 e. The summed E-state index contributed by atoms with van der Waals surface area (Å²) in [5.41, 5.74) is 1.49. The normalized spacial score (nSPS) is 11.8. The second-order valence-electron chi connectivity index (χ2n) is 6.53. The molecule has 1 atom stereocenters. The lowest BCUT2D eigenvalue weighted by atomic mass is 10.1. The van der Waals surface area contributed by atoms with Crippen molar-refractivity contribution in [2.75, 3.05) is 0 Å². The zero-order valence-corrected chi connectivity index (χ0v) is 17.4. The van der Waals surface area contributed by atoms with Crippen LogP contribution in [0.2, 0.25) is 10.0 Å². The minimum atomic E-state index is -0.685. The molecule has 0 aromatic heterocycles. The summed E-state index contributed by atoms with van der Waals surface area (Å²) in [6.07, 6.45) is 1.01. The van der Waals surface area contributed by atoms with Gasteiger partial charge in [0.15, 0.2) is 0 Å². The van der Waals surface area contributed by atoms with Crippen LogP contribution in [-0.2, 0) is 22.7 Å². The first-order valence-corrected chi connectivity index (χ1v) is 9.83. The van der Waals surface area contributed by atoms with Crippen molar-refractivity contribution in [1.29, 1.82) is 0 Å². The van der Waals surface area contributed by atoms with Crippen LogP contribution in [0.15, 0.2) is 42.5 Å². The summed E-state index contributed by atoms with van der Waals surface area (Å²) in [4.78, 5) is 26.7. The molecule has 4 nitrogen and oxygen atoms in total. The number of hydrogen-bond acceptors (Lipinski definition) is 2. The fourth-order valence-corrected chi connectivity index (χ4v) is 3.20. The number of carbonyl (C=O) groups is 2. The molecule has 0 radical (unpaired) electrons. The molecule has 2 aromatic rings. The zero-order valence-electron chi connectivity index (χ0n) is 15.8. The highest BCUT2D eigenvalue weighted by molar-refractivity contribution is 6.35. The number of amides is 2. The van der Waals surface area contributed by atoms with Crippen LogP contribution < -0.4 is 5.32 Å². The molecule has 0 saturated heterocycles. The molecule has 2 rings (SSSR count). The first-order chi connectivity index (χ1) is 13.3. The predicted octanol–water partition coefficient (Wildman–Crippen LogP) is 4.97. The van der Waals surface area contributed by atoms with Crippen LogP contribution in [-0.4, -0.2) is 22.8 Å². The molecular weight excluding hydrogens is 402 g/mol. The van der Waals surface area contributed by atoms with Gasteiger partial charge in [-0.25, -0.2) is 4.39 Å². The quantitative estimate of drug-likeness (QED) is 0.650. The molecule has 0 aliphatic heterocycles. The van der Waals surface area contributed by atoms with Crippen LogP contribution in [0.25, 0.3) is 0 Å². The Morgan fingerprint density at radius 2 is 1.82 bits per heavy atom. The Kier molecular flexibility index (Phi) is 8.27. The standard InChI is InChI=1S/C21H23Cl2FN2O2/c1-3-4-20(27)26(13-15-5-9-18(24)10-6-15)14(2)21(28)25-12-16-7-8-17(22)11-19(16)23/h5-11,14H,3-4,12-13H2,1-2H3,(H,25,28). The molecule has 0 saturated carbocycles. The lowest BCUT2D eigenvalue weighted by molar-refractivity contribution is -0.140. The molecule has 0 bridgehead atoms. The minimum absolute atomic E-state index is 0.126. The van der Waals surface area contributed by atoms with Gasteiger partial charge in [-0.1, -0.05) is 48.3 Å². The van der Waals surface area contributed by atoms with Crippen molar-refractivity contribution in [2.45, 2.75) is 45.8 Å². The average molecular weight is 425 g/mol. The summed E-state index contributed by atoms with van der Waals surface area (Å²) >= 11 is 12.0. The van der Waals surface area contributed by atoms with E-state index in [0.717, 1.165) is 11.1 Å². The van der Waals surface area contributed by atoms with Crippen molar-refractivity contribution in [3.05, 3.63) is 69.5 Å². The van der Waals surface area contributed by atoms with Crippen LogP contribution in [0.1, 0.15) is 37.8 Å². The van der Waals surface area contributed by atoms with E-state index in [-0.39, 0.29) is 30.7 Å². The Hall–Kier alpha value is -2.11. The minimum Gasteiger partial charge on any atom is -0.350 e. The molecule has 1 unspecified atom stereocenters. The highest BCUT2D eigenvalue weighted by Gasteiger charge is 2.25. The van der Waals surface area contributed by atoms with Gasteiger partial charge in [0.25, 0.3) is 0 Å². The van der Waals surface area contributed by atoms with Crippen LogP contribution in [0.5, 0.6) is 0 Å². The Morgan fingerprint density at radius 3 is 2.43 bits per heavy atom. The van der Waals surface area contributed by atoms with Gasteiger partial charge in [0, 0.05) is 29.6 Å². The van der Waals surface area contributed by atoms with E-state index < -0.39 is 6.04 Å². The highest BCUT2D eigenvalue weighted by Crippen LogP contribution is 2.21. The van der Waals surface area contributed by atoms with Gasteiger partial charge in [-0.15, -0.1) is 0 Å². The predicted molar refractivity (Wildman–Crippen MR) is 110 cm³/mol. The first-order valence-electron chi connectivity index (χ1n) is 9.07. The van der Waals surface area contributed by atoms with E-state index in [9.17, 15) is 14.0 Å². The Labute approximate surface area is 174 Å². The molecule has 0 fully saturated rings. The van der Waals surface area contributed by atoms with Crippen molar-refractivity contribution >= 4 is 35.0 Å². The third-order valence-electron chi connectivity index (χ3n) is 4.37. The van der Waals surface area contributed by atoms with Gasteiger partial charge in [0.05, 0.1) is 0 Å². The van der Waals surface area contributed by atoms with E-state index in [1.54, 1.807) is 37.3 Å². The molecule has 150 valence electrons. The Bertz CT molecular complexity index is 828. The summed E-state index contributed by atoms with van der Waals surface area (Å²) in [5, 5.41) is 3.79. The maximum absolute atomic E-state index is 13.1. The van der Waals surface area contributed by atoms with Crippen molar-refractivity contribution in [2.24, 2.45) is 0 Å². The van der Waals surface area contributed by atoms with E-state index >= 15 is 0 Å². The third-order valence-corrected chi connectivity index (χ3v) is 4.95. The van der Waals surface area contributed by atoms with E-state index in [4.69, 9.17) is 23.2 Å². The Morgan fingerprint density at radius 1 is 1.14 bits per heavy atom. The third kappa shape index (κ3) is 6.21. The number of nitrogens with one attached hydrogen (secondary N) is 1. The molecular formula is C21H23Cl2FN2O2. The Balaban J connectivity index is 2.08. The average Bonchev–Trinajstić information content (AvgIpc) is 2.66. The number of halogens is 3. The fourth-order valence-electron chi connectivity index (χ4n) is 2.72. The van der Waals surface area contributed by atoms with E-state index in [2.05, 4.69) is 5.32 Å². The van der Waals surface area contributed by atoms with Gasteiger partial charge in [-0.3, -0.25) is 9.59 Å². The molecule has 28 heavy (non-hydrogen) atoms. The smallest absolute Gasteiger partial charge is 0.242 e. The van der Waals surface area contributed by atoms with Gasteiger partial charge in [-0.2, -0.15) is 0 Å². The lowest BCUT2D eigenvalue weighted by Crippen LogP contribution is -2.47. The molecule has 1 N–H and O–H groups in total. The van der Waals surface area contributed by atoms with Gasteiger partial charge >= 0.3 is 0 Å². The molecule has 2 amide bonds. The van der Waals surface area contributed by atoms with E-state index in [0.29, 0.717) is 22.9 Å². The highest BCUT2D eigenvalue weighted by atomic mass is 35.5. The molecule has 0 aliphatic carbocycles. The van der Waals surface area contributed by atoms with Crippen LogP contribution in [0, 0.1) is 5.82 Å². The number of rotatable bonds is 8.